The lowest BCUT2D eigenvalue weighted by molar-refractivity contribution is 0.452. The molecule has 0 aliphatic rings. The van der Waals surface area contributed by atoms with Crippen LogP contribution in [-0.2, 0) is 0 Å². The average molecular weight is 277 g/mol. The minimum absolute atomic E-state index is 0.0276. The maximum atomic E-state index is 11.8. The zero-order valence-electron chi connectivity index (χ0n) is 8.95. The van der Waals surface area contributed by atoms with E-state index in [0.717, 1.165) is 4.70 Å². The van der Waals surface area contributed by atoms with Crippen LogP contribution in [0, 0.1) is 0 Å². The van der Waals surface area contributed by atoms with Gasteiger partial charge in [-0.1, -0.05) is 0 Å². The first-order valence-electron chi connectivity index (χ1n) is 5.06. The molecule has 3 aromatic rings. The van der Waals surface area contributed by atoms with Crippen LogP contribution in [0.25, 0.3) is 20.0 Å². The van der Waals surface area contributed by atoms with Gasteiger partial charge in [-0.25, -0.2) is 0 Å². The van der Waals surface area contributed by atoms with Crippen LogP contribution in [0.4, 0.5) is 0 Å². The van der Waals surface area contributed by atoms with Crippen molar-refractivity contribution in [2.45, 2.75) is 0 Å². The molecular formula is C12H7NO3S2. The third kappa shape index (κ3) is 1.75. The van der Waals surface area contributed by atoms with Crippen LogP contribution in [0.1, 0.15) is 0 Å². The van der Waals surface area contributed by atoms with E-state index < -0.39 is 0 Å². The summed E-state index contributed by atoms with van der Waals surface area (Å²) in [6, 6.07) is 6.08. The van der Waals surface area contributed by atoms with Gasteiger partial charge in [-0.3, -0.25) is 4.79 Å². The number of nitrogens with zero attached hydrogens (tertiary/aromatic N) is 1. The van der Waals surface area contributed by atoms with Gasteiger partial charge in [0.1, 0.15) is 21.2 Å². The van der Waals surface area contributed by atoms with Gasteiger partial charge in [-0.15, -0.1) is 22.7 Å². The van der Waals surface area contributed by atoms with Crippen molar-refractivity contribution in [2.24, 2.45) is 0 Å². The highest BCUT2D eigenvalue weighted by Crippen LogP contribution is 2.35. The van der Waals surface area contributed by atoms with Crippen LogP contribution in [-0.4, -0.2) is 15.2 Å². The smallest absolute Gasteiger partial charge is 0.289 e. The number of hydrogen-bond acceptors (Lipinski definition) is 6. The highest BCUT2D eigenvalue weighted by Gasteiger charge is 2.11. The standard InChI is InChI=1S/C12H7NO3S2/c14-6-1-2-7(8(15)5-6)12-13-11(16)10-9(18-12)3-4-17-10/h1-5,14-15H. The zero-order chi connectivity index (χ0) is 12.7. The first kappa shape index (κ1) is 11.2. The minimum Gasteiger partial charge on any atom is -0.508 e. The first-order chi connectivity index (χ1) is 8.65. The second kappa shape index (κ2) is 4.08. The van der Waals surface area contributed by atoms with Crippen molar-refractivity contribution in [1.29, 1.82) is 0 Å². The van der Waals surface area contributed by atoms with Crippen LogP contribution >= 0.6 is 22.7 Å². The minimum atomic E-state index is -0.291. The van der Waals surface area contributed by atoms with E-state index >= 15 is 0 Å². The van der Waals surface area contributed by atoms with Gasteiger partial charge in [0.15, 0.2) is 0 Å². The Morgan fingerprint density at radius 2 is 2.00 bits per heavy atom. The SMILES string of the molecule is O=c1nc(-c2ccc(O)cc2O)sc2ccsc12. The van der Waals surface area contributed by atoms with Gasteiger partial charge >= 0.3 is 0 Å². The van der Waals surface area contributed by atoms with Crippen molar-refractivity contribution in [3.63, 3.8) is 0 Å². The molecule has 0 saturated carbocycles. The lowest BCUT2D eigenvalue weighted by atomic mass is 10.2. The van der Waals surface area contributed by atoms with Gasteiger partial charge in [0.2, 0.25) is 0 Å². The molecule has 0 radical (unpaired) electrons. The maximum absolute atomic E-state index is 11.8. The lowest BCUT2D eigenvalue weighted by Gasteiger charge is -2.03. The molecule has 0 aliphatic carbocycles. The van der Waals surface area contributed by atoms with Crippen molar-refractivity contribution in [3.8, 4) is 22.1 Å². The van der Waals surface area contributed by atoms with Crippen molar-refractivity contribution < 1.29 is 10.2 Å². The van der Waals surface area contributed by atoms with Gasteiger partial charge in [-0.05, 0) is 23.6 Å². The molecule has 90 valence electrons. The molecule has 0 fully saturated rings. The largest absolute Gasteiger partial charge is 0.508 e. The van der Waals surface area contributed by atoms with Gasteiger partial charge in [0, 0.05) is 6.07 Å². The summed E-state index contributed by atoms with van der Waals surface area (Å²) in [5, 5.41) is 21.3. The summed E-state index contributed by atoms with van der Waals surface area (Å²) in [6.45, 7) is 0. The Bertz CT molecular complexity index is 791. The second-order valence-corrected chi connectivity index (χ2v) is 5.59. The normalized spacial score (nSPS) is 10.9. The molecule has 2 aromatic heterocycles. The number of hydrogen-bond donors (Lipinski definition) is 2. The maximum Gasteiger partial charge on any atom is 0.289 e. The predicted octanol–water partition coefficient (Wildman–Crippen LogP) is 2.80. The summed E-state index contributed by atoms with van der Waals surface area (Å²) in [6.07, 6.45) is 0. The number of benzene rings is 1. The molecule has 2 heterocycles. The Hall–Kier alpha value is -1.92. The van der Waals surface area contributed by atoms with Crippen LogP contribution in [0.15, 0.2) is 34.4 Å². The Kier molecular flexibility index (Phi) is 2.53. The van der Waals surface area contributed by atoms with Gasteiger partial charge < -0.3 is 10.2 Å². The molecule has 1 aromatic carbocycles. The molecule has 4 nitrogen and oxygen atoms in total. The van der Waals surface area contributed by atoms with Crippen LogP contribution in [0.5, 0.6) is 11.5 Å². The fraction of sp³-hybridized carbons (Fsp3) is 0. The summed E-state index contributed by atoms with van der Waals surface area (Å²) in [4.78, 5) is 15.8. The summed E-state index contributed by atoms with van der Waals surface area (Å²) >= 11 is 2.70. The van der Waals surface area contributed by atoms with E-state index in [2.05, 4.69) is 4.98 Å². The Labute approximate surface area is 109 Å². The van der Waals surface area contributed by atoms with Crippen molar-refractivity contribution in [2.75, 3.05) is 0 Å². The number of fused-ring (bicyclic) bond motifs is 1. The Morgan fingerprint density at radius 3 is 2.78 bits per heavy atom. The van der Waals surface area contributed by atoms with E-state index in [1.807, 2.05) is 11.4 Å². The number of aromatic nitrogens is 1. The summed E-state index contributed by atoms with van der Waals surface area (Å²) < 4.78 is 1.48. The predicted molar refractivity (Wildman–Crippen MR) is 72.5 cm³/mol. The highest BCUT2D eigenvalue weighted by molar-refractivity contribution is 7.27. The molecular weight excluding hydrogens is 270 g/mol. The summed E-state index contributed by atoms with van der Waals surface area (Å²) in [5.41, 5.74) is 0.157. The van der Waals surface area contributed by atoms with Crippen LogP contribution in [0.3, 0.4) is 0 Å². The third-order valence-electron chi connectivity index (χ3n) is 2.44. The summed E-state index contributed by atoms with van der Waals surface area (Å²) in [5.74, 6) is -0.118. The van der Waals surface area contributed by atoms with Gasteiger partial charge in [0.25, 0.3) is 5.56 Å². The Balaban J connectivity index is 2.28. The van der Waals surface area contributed by atoms with E-state index in [1.165, 1.54) is 34.8 Å². The van der Waals surface area contributed by atoms with Crippen LogP contribution < -0.4 is 5.56 Å². The average Bonchev–Trinajstić information content (AvgIpc) is 2.77. The number of thiophene rings is 1. The molecule has 0 bridgehead atoms. The second-order valence-electron chi connectivity index (χ2n) is 3.64. The molecule has 2 N–H and O–H groups in total. The number of rotatable bonds is 1. The quantitative estimate of drug-likeness (QED) is 0.717. The van der Waals surface area contributed by atoms with E-state index in [-0.39, 0.29) is 17.1 Å². The molecule has 18 heavy (non-hydrogen) atoms. The molecule has 3 rings (SSSR count). The molecule has 0 spiro atoms. The first-order valence-corrected chi connectivity index (χ1v) is 6.75. The topological polar surface area (TPSA) is 70.4 Å². The fourth-order valence-electron chi connectivity index (χ4n) is 1.62. The lowest BCUT2D eigenvalue weighted by Crippen LogP contribution is -2.03. The van der Waals surface area contributed by atoms with Gasteiger partial charge in [-0.2, -0.15) is 4.98 Å². The van der Waals surface area contributed by atoms with Crippen molar-refractivity contribution >= 4 is 32.1 Å². The monoisotopic (exact) mass is 277 g/mol. The highest BCUT2D eigenvalue weighted by atomic mass is 32.1. The number of phenolic OH excluding ortho intramolecular Hbond substituents is 2. The molecule has 0 aliphatic heterocycles. The number of phenols is 2. The molecule has 0 atom stereocenters. The fourth-order valence-corrected chi connectivity index (χ4v) is 3.58. The molecule has 0 saturated heterocycles. The molecule has 6 heteroatoms. The zero-order valence-corrected chi connectivity index (χ0v) is 10.6. The van der Waals surface area contributed by atoms with Crippen molar-refractivity contribution in [1.82, 2.24) is 4.98 Å². The van der Waals surface area contributed by atoms with E-state index in [9.17, 15) is 15.0 Å². The number of aromatic hydroxyl groups is 2. The van der Waals surface area contributed by atoms with E-state index in [4.69, 9.17) is 0 Å². The molecule has 0 unspecified atom stereocenters. The van der Waals surface area contributed by atoms with E-state index in [1.54, 1.807) is 6.07 Å². The van der Waals surface area contributed by atoms with Crippen LogP contribution in [0.2, 0.25) is 0 Å². The van der Waals surface area contributed by atoms with E-state index in [0.29, 0.717) is 15.3 Å². The van der Waals surface area contributed by atoms with Crippen molar-refractivity contribution in [3.05, 3.63) is 40.0 Å². The van der Waals surface area contributed by atoms with Gasteiger partial charge in [0.05, 0.1) is 10.3 Å². The molecule has 0 amide bonds. The third-order valence-corrected chi connectivity index (χ3v) is 4.54. The Morgan fingerprint density at radius 1 is 1.17 bits per heavy atom. The summed E-state index contributed by atoms with van der Waals surface area (Å²) in [7, 11) is 0.